The van der Waals surface area contributed by atoms with Gasteiger partial charge in [0.2, 0.25) is 0 Å². The summed E-state index contributed by atoms with van der Waals surface area (Å²) in [6.45, 7) is 0.463. The van der Waals surface area contributed by atoms with Crippen LogP contribution in [0.15, 0.2) is 82.4 Å². The van der Waals surface area contributed by atoms with Crippen molar-refractivity contribution < 1.29 is 14.3 Å². The lowest BCUT2D eigenvalue weighted by Crippen LogP contribution is -2.17. The predicted molar refractivity (Wildman–Crippen MR) is 113 cm³/mol. The number of ether oxygens (including phenoxy) is 2. The molecule has 0 spiro atoms. The second-order valence-electron chi connectivity index (χ2n) is 5.91. The lowest BCUT2D eigenvalue weighted by atomic mass is 10.2. The van der Waals surface area contributed by atoms with Gasteiger partial charge in [-0.05, 0) is 71.8 Å². The number of carbonyl (C=O) groups excluding carboxylic acids is 1. The number of rotatable bonds is 7. The molecule has 0 aliphatic rings. The average molecular weight is 439 g/mol. The lowest BCUT2D eigenvalue weighted by molar-refractivity contribution is 0.0955. The highest BCUT2D eigenvalue weighted by molar-refractivity contribution is 9.10. The van der Waals surface area contributed by atoms with Crippen LogP contribution in [0, 0.1) is 0 Å². The van der Waals surface area contributed by atoms with Gasteiger partial charge < -0.3 is 9.47 Å². The Balaban J connectivity index is 1.51. The molecule has 0 aliphatic heterocycles. The molecule has 0 saturated carbocycles. The molecule has 6 heteroatoms. The average Bonchev–Trinajstić information content (AvgIpc) is 2.74. The molecule has 0 fully saturated rings. The van der Waals surface area contributed by atoms with E-state index in [9.17, 15) is 4.79 Å². The number of hydrogen-bond donors (Lipinski definition) is 1. The molecule has 0 unspecified atom stereocenters. The summed E-state index contributed by atoms with van der Waals surface area (Å²) in [4.78, 5) is 12.2. The molecule has 0 aliphatic carbocycles. The standard InChI is InChI=1S/C22H19BrN2O3/c1-27-20-10-4-16(5-11-20)14-24-25-22(26)18-6-12-21(13-7-18)28-15-17-2-8-19(23)9-3-17/h2-14H,15H2,1H3,(H,25,26)/b24-14-. The van der Waals surface area contributed by atoms with Crippen LogP contribution in [0.4, 0.5) is 0 Å². The van der Waals surface area contributed by atoms with Crippen molar-refractivity contribution in [2.75, 3.05) is 7.11 Å². The van der Waals surface area contributed by atoms with E-state index >= 15 is 0 Å². The van der Waals surface area contributed by atoms with Gasteiger partial charge in [-0.1, -0.05) is 28.1 Å². The minimum Gasteiger partial charge on any atom is -0.497 e. The van der Waals surface area contributed by atoms with Crippen LogP contribution >= 0.6 is 15.9 Å². The Morgan fingerprint density at radius 1 is 0.964 bits per heavy atom. The fourth-order valence-corrected chi connectivity index (χ4v) is 2.63. The normalized spacial score (nSPS) is 10.6. The van der Waals surface area contributed by atoms with Crippen molar-refractivity contribution in [3.05, 3.63) is 94.0 Å². The van der Waals surface area contributed by atoms with Crippen molar-refractivity contribution in [2.45, 2.75) is 6.61 Å². The highest BCUT2D eigenvalue weighted by atomic mass is 79.9. The number of hydrazone groups is 1. The molecule has 28 heavy (non-hydrogen) atoms. The zero-order valence-corrected chi connectivity index (χ0v) is 16.8. The third-order valence-corrected chi connectivity index (χ3v) is 4.46. The molecular weight excluding hydrogens is 420 g/mol. The molecule has 3 rings (SSSR count). The predicted octanol–water partition coefficient (Wildman–Crippen LogP) is 4.80. The van der Waals surface area contributed by atoms with E-state index < -0.39 is 0 Å². The Bertz CT molecular complexity index is 937. The minimum absolute atomic E-state index is 0.288. The van der Waals surface area contributed by atoms with E-state index in [2.05, 4.69) is 26.5 Å². The zero-order chi connectivity index (χ0) is 19.8. The Morgan fingerprint density at radius 2 is 1.61 bits per heavy atom. The van der Waals surface area contributed by atoms with Gasteiger partial charge in [-0.25, -0.2) is 5.43 Å². The number of carbonyl (C=O) groups is 1. The van der Waals surface area contributed by atoms with Crippen LogP contribution in [-0.2, 0) is 6.61 Å². The van der Waals surface area contributed by atoms with Gasteiger partial charge in [0, 0.05) is 10.0 Å². The van der Waals surface area contributed by atoms with Gasteiger partial charge in [-0.15, -0.1) is 0 Å². The first-order valence-electron chi connectivity index (χ1n) is 8.59. The third kappa shape index (κ3) is 5.69. The molecule has 0 radical (unpaired) electrons. The summed E-state index contributed by atoms with van der Waals surface area (Å²) in [5, 5.41) is 3.98. The number of nitrogens with one attached hydrogen (secondary N) is 1. The number of halogens is 1. The van der Waals surface area contributed by atoms with Crippen molar-refractivity contribution >= 4 is 28.1 Å². The molecule has 1 amide bonds. The van der Waals surface area contributed by atoms with Gasteiger partial charge in [-0.3, -0.25) is 4.79 Å². The molecule has 142 valence electrons. The molecule has 3 aromatic rings. The van der Waals surface area contributed by atoms with Crippen molar-refractivity contribution in [1.29, 1.82) is 0 Å². The number of hydrogen-bond acceptors (Lipinski definition) is 4. The summed E-state index contributed by atoms with van der Waals surface area (Å²) in [6.07, 6.45) is 1.58. The van der Waals surface area contributed by atoms with Crippen molar-refractivity contribution in [3.8, 4) is 11.5 Å². The van der Waals surface area contributed by atoms with E-state index in [1.807, 2.05) is 48.5 Å². The largest absolute Gasteiger partial charge is 0.497 e. The van der Waals surface area contributed by atoms with Crippen LogP contribution in [0.2, 0.25) is 0 Å². The maximum absolute atomic E-state index is 12.2. The van der Waals surface area contributed by atoms with Gasteiger partial charge in [0.05, 0.1) is 13.3 Å². The van der Waals surface area contributed by atoms with Crippen LogP contribution < -0.4 is 14.9 Å². The lowest BCUT2D eigenvalue weighted by Gasteiger charge is -2.07. The smallest absolute Gasteiger partial charge is 0.271 e. The highest BCUT2D eigenvalue weighted by Gasteiger charge is 2.04. The fourth-order valence-electron chi connectivity index (χ4n) is 2.37. The van der Waals surface area contributed by atoms with Crippen LogP contribution in [0.25, 0.3) is 0 Å². The van der Waals surface area contributed by atoms with E-state index in [4.69, 9.17) is 9.47 Å². The first-order chi connectivity index (χ1) is 13.6. The summed E-state index contributed by atoms with van der Waals surface area (Å²) >= 11 is 3.41. The number of benzene rings is 3. The molecule has 0 bridgehead atoms. The molecular formula is C22H19BrN2O3. The number of nitrogens with zero attached hydrogens (tertiary/aromatic N) is 1. The fraction of sp³-hybridized carbons (Fsp3) is 0.0909. The van der Waals surface area contributed by atoms with Crippen molar-refractivity contribution in [3.63, 3.8) is 0 Å². The summed E-state index contributed by atoms with van der Waals surface area (Å²) in [5.74, 6) is 1.18. The van der Waals surface area contributed by atoms with Gasteiger partial charge >= 0.3 is 0 Å². The van der Waals surface area contributed by atoms with Gasteiger partial charge in [0.1, 0.15) is 18.1 Å². The van der Waals surface area contributed by atoms with E-state index in [0.29, 0.717) is 17.9 Å². The van der Waals surface area contributed by atoms with E-state index in [-0.39, 0.29) is 5.91 Å². The maximum atomic E-state index is 12.2. The molecule has 3 aromatic carbocycles. The van der Waals surface area contributed by atoms with Crippen LogP contribution in [0.5, 0.6) is 11.5 Å². The summed E-state index contributed by atoms with van der Waals surface area (Å²) < 4.78 is 11.9. The van der Waals surface area contributed by atoms with Crippen LogP contribution in [0.1, 0.15) is 21.5 Å². The Hall–Kier alpha value is -3.12. The number of amides is 1. The van der Waals surface area contributed by atoms with Crippen molar-refractivity contribution in [1.82, 2.24) is 5.43 Å². The van der Waals surface area contributed by atoms with Gasteiger partial charge in [-0.2, -0.15) is 5.10 Å². The molecule has 0 heterocycles. The highest BCUT2D eigenvalue weighted by Crippen LogP contribution is 2.16. The third-order valence-electron chi connectivity index (χ3n) is 3.93. The Labute approximate surface area is 172 Å². The minimum atomic E-state index is -0.288. The molecule has 0 saturated heterocycles. The second kappa shape index (κ2) is 9.71. The monoisotopic (exact) mass is 438 g/mol. The molecule has 0 aromatic heterocycles. The second-order valence-corrected chi connectivity index (χ2v) is 6.83. The first kappa shape index (κ1) is 19.6. The quantitative estimate of drug-likeness (QED) is 0.425. The summed E-state index contributed by atoms with van der Waals surface area (Å²) in [6, 6.07) is 22.2. The summed E-state index contributed by atoms with van der Waals surface area (Å²) in [7, 11) is 1.61. The molecule has 1 N–H and O–H groups in total. The Morgan fingerprint density at radius 3 is 2.25 bits per heavy atom. The van der Waals surface area contributed by atoms with Crippen molar-refractivity contribution in [2.24, 2.45) is 5.10 Å². The first-order valence-corrected chi connectivity index (χ1v) is 9.38. The summed E-state index contributed by atoms with van der Waals surface area (Å²) in [5.41, 5.74) is 4.94. The SMILES string of the molecule is COc1ccc(/C=N\NC(=O)c2ccc(OCc3ccc(Br)cc3)cc2)cc1. The maximum Gasteiger partial charge on any atom is 0.271 e. The molecule has 0 atom stereocenters. The molecule has 5 nitrogen and oxygen atoms in total. The van der Waals surface area contributed by atoms with Gasteiger partial charge in [0.25, 0.3) is 5.91 Å². The van der Waals surface area contributed by atoms with Gasteiger partial charge in [0.15, 0.2) is 0 Å². The number of methoxy groups -OCH3 is 1. The van der Waals surface area contributed by atoms with E-state index in [0.717, 1.165) is 21.3 Å². The topological polar surface area (TPSA) is 59.9 Å². The van der Waals surface area contributed by atoms with Crippen LogP contribution in [0.3, 0.4) is 0 Å². The Kier molecular flexibility index (Phi) is 6.81. The van der Waals surface area contributed by atoms with E-state index in [1.54, 1.807) is 37.6 Å². The van der Waals surface area contributed by atoms with Crippen LogP contribution in [-0.4, -0.2) is 19.2 Å². The van der Waals surface area contributed by atoms with E-state index in [1.165, 1.54) is 0 Å². The zero-order valence-electron chi connectivity index (χ0n) is 15.3.